The summed E-state index contributed by atoms with van der Waals surface area (Å²) in [6.45, 7) is 0.951. The maximum Gasteiger partial charge on any atom is 0.264 e. The first kappa shape index (κ1) is 22.0. The molecule has 0 unspecified atom stereocenters. The quantitative estimate of drug-likeness (QED) is 0.411. The second kappa shape index (κ2) is 7.98. The molecule has 28 heavy (non-hydrogen) atoms. The Kier molecular flexibility index (Phi) is 6.27. The third kappa shape index (κ3) is 4.08. The SMILES string of the molecule is C[C@@](CCn1ccc(-c2ccc(Cl)c(F)c2F)cc1=O)(C(=O)NO)S(C)(=O)=O. The van der Waals surface area contributed by atoms with Crippen molar-refractivity contribution in [2.45, 2.75) is 24.6 Å². The molecule has 0 aliphatic rings. The molecule has 11 heteroatoms. The van der Waals surface area contributed by atoms with Crippen LogP contribution in [0.25, 0.3) is 11.1 Å². The zero-order valence-corrected chi connectivity index (χ0v) is 16.4. The van der Waals surface area contributed by atoms with Crippen LogP contribution in [-0.4, -0.2) is 35.1 Å². The summed E-state index contributed by atoms with van der Waals surface area (Å²) in [6.07, 6.45) is 1.80. The van der Waals surface area contributed by atoms with E-state index in [0.29, 0.717) is 0 Å². The molecule has 0 aliphatic heterocycles. The van der Waals surface area contributed by atoms with Crippen molar-refractivity contribution in [2.75, 3.05) is 6.26 Å². The third-order valence-electron chi connectivity index (χ3n) is 4.57. The predicted octanol–water partition coefficient (Wildman–Crippen LogP) is 2.15. The first-order valence-electron chi connectivity index (χ1n) is 7.91. The van der Waals surface area contributed by atoms with Gasteiger partial charge in [0, 0.05) is 30.6 Å². The van der Waals surface area contributed by atoms with E-state index in [2.05, 4.69) is 0 Å². The van der Waals surface area contributed by atoms with E-state index in [0.717, 1.165) is 29.9 Å². The number of hydrogen-bond donors (Lipinski definition) is 2. The Morgan fingerprint density at radius 3 is 2.46 bits per heavy atom. The van der Waals surface area contributed by atoms with Gasteiger partial charge in [-0.05, 0) is 37.1 Å². The van der Waals surface area contributed by atoms with Crippen LogP contribution >= 0.6 is 11.6 Å². The number of halogens is 3. The van der Waals surface area contributed by atoms with Crippen LogP contribution < -0.4 is 11.0 Å². The lowest BCUT2D eigenvalue weighted by atomic mass is 10.1. The summed E-state index contributed by atoms with van der Waals surface area (Å²) in [7, 11) is -3.92. The van der Waals surface area contributed by atoms with Crippen LogP contribution in [0.1, 0.15) is 13.3 Å². The van der Waals surface area contributed by atoms with E-state index in [-0.39, 0.29) is 24.1 Å². The molecule has 0 radical (unpaired) electrons. The number of nitrogens with zero attached hydrogens (tertiary/aromatic N) is 1. The fraction of sp³-hybridized carbons (Fsp3) is 0.294. The molecule has 2 N–H and O–H groups in total. The van der Waals surface area contributed by atoms with Crippen LogP contribution in [0.15, 0.2) is 35.3 Å². The molecule has 2 aromatic rings. The highest BCUT2D eigenvalue weighted by atomic mass is 35.5. The van der Waals surface area contributed by atoms with Crippen molar-refractivity contribution in [3.8, 4) is 11.1 Å². The van der Waals surface area contributed by atoms with Crippen LogP contribution in [0.3, 0.4) is 0 Å². The molecule has 152 valence electrons. The third-order valence-corrected chi connectivity index (χ3v) is 6.89. The van der Waals surface area contributed by atoms with Gasteiger partial charge < -0.3 is 4.57 Å². The number of carbonyl (C=O) groups excluding carboxylic acids is 1. The number of rotatable bonds is 6. The average Bonchev–Trinajstić information content (AvgIpc) is 2.63. The van der Waals surface area contributed by atoms with Gasteiger partial charge in [0.05, 0.1) is 5.02 Å². The van der Waals surface area contributed by atoms with Crippen molar-refractivity contribution >= 4 is 27.3 Å². The molecule has 7 nitrogen and oxygen atoms in total. The monoisotopic (exact) mass is 434 g/mol. The zero-order valence-electron chi connectivity index (χ0n) is 14.9. The Hall–Kier alpha value is -2.30. The van der Waals surface area contributed by atoms with E-state index in [9.17, 15) is 26.8 Å². The molecule has 0 saturated heterocycles. The summed E-state index contributed by atoms with van der Waals surface area (Å²) in [5.74, 6) is -3.56. The maximum atomic E-state index is 14.0. The lowest BCUT2D eigenvalue weighted by Gasteiger charge is -2.25. The van der Waals surface area contributed by atoms with Gasteiger partial charge in [0.15, 0.2) is 26.2 Å². The average molecular weight is 435 g/mol. The number of pyridine rings is 1. The van der Waals surface area contributed by atoms with E-state index in [4.69, 9.17) is 16.8 Å². The van der Waals surface area contributed by atoms with E-state index in [1.54, 1.807) is 0 Å². The Labute approximate surface area is 164 Å². The van der Waals surface area contributed by atoms with Crippen LogP contribution in [-0.2, 0) is 21.2 Å². The first-order chi connectivity index (χ1) is 12.9. The molecule has 0 spiro atoms. The Bertz CT molecular complexity index is 1090. The van der Waals surface area contributed by atoms with Gasteiger partial charge in [-0.25, -0.2) is 22.7 Å². The second-order valence-corrected chi connectivity index (χ2v) is 9.22. The van der Waals surface area contributed by atoms with Crippen molar-refractivity contribution in [3.05, 3.63) is 57.5 Å². The number of benzene rings is 1. The number of sulfone groups is 1. The van der Waals surface area contributed by atoms with Crippen molar-refractivity contribution in [1.82, 2.24) is 10.0 Å². The molecule has 1 aromatic carbocycles. The number of carbonyl (C=O) groups is 1. The number of amides is 1. The highest BCUT2D eigenvalue weighted by Crippen LogP contribution is 2.28. The minimum atomic E-state index is -3.92. The lowest BCUT2D eigenvalue weighted by Crippen LogP contribution is -2.49. The number of aromatic nitrogens is 1. The fourth-order valence-corrected chi connectivity index (χ4v) is 3.52. The van der Waals surface area contributed by atoms with Crippen LogP contribution in [0, 0.1) is 11.6 Å². The van der Waals surface area contributed by atoms with E-state index >= 15 is 0 Å². The summed E-state index contributed by atoms with van der Waals surface area (Å²) in [6, 6.07) is 4.78. The standard InChI is InChI=1S/C17H17ClF2N2O5S/c1-17(16(24)21-25,28(2,26)27)6-8-22-7-5-10(9-13(22)23)11-3-4-12(18)15(20)14(11)19/h3-5,7,9,25H,6,8H2,1-2H3,(H,21,24)/t17-/m1/s1. The lowest BCUT2D eigenvalue weighted by molar-refractivity contribution is -0.131. The fourth-order valence-electron chi connectivity index (χ4n) is 2.53. The largest absolute Gasteiger partial charge is 0.315 e. The molecular weight excluding hydrogens is 418 g/mol. The summed E-state index contributed by atoms with van der Waals surface area (Å²) < 4.78 is 50.7. The second-order valence-electron chi connectivity index (χ2n) is 6.36. The molecule has 0 aliphatic carbocycles. The summed E-state index contributed by atoms with van der Waals surface area (Å²) in [4.78, 5) is 24.1. The molecule has 0 bridgehead atoms. The highest BCUT2D eigenvalue weighted by molar-refractivity contribution is 7.92. The minimum Gasteiger partial charge on any atom is -0.315 e. The van der Waals surface area contributed by atoms with Gasteiger partial charge in [0.1, 0.15) is 0 Å². The van der Waals surface area contributed by atoms with Gasteiger partial charge in [0.2, 0.25) is 0 Å². The number of hydrogen-bond acceptors (Lipinski definition) is 5. The summed E-state index contributed by atoms with van der Waals surface area (Å²) >= 11 is 5.51. The van der Waals surface area contributed by atoms with E-state index in [1.165, 1.54) is 23.8 Å². The molecule has 2 rings (SSSR count). The van der Waals surface area contributed by atoms with Gasteiger partial charge in [0.25, 0.3) is 11.5 Å². The first-order valence-corrected chi connectivity index (χ1v) is 10.2. The molecule has 0 fully saturated rings. The summed E-state index contributed by atoms with van der Waals surface area (Å²) in [5.41, 5.74) is 0.643. The zero-order chi connectivity index (χ0) is 21.3. The molecule has 1 aromatic heterocycles. The predicted molar refractivity (Wildman–Crippen MR) is 98.9 cm³/mol. The van der Waals surface area contributed by atoms with Crippen LogP contribution in [0.4, 0.5) is 8.78 Å². The number of aryl methyl sites for hydroxylation is 1. The smallest absolute Gasteiger partial charge is 0.264 e. The molecule has 1 amide bonds. The van der Waals surface area contributed by atoms with Gasteiger partial charge in [-0.1, -0.05) is 11.6 Å². The normalized spacial score (nSPS) is 13.8. The highest BCUT2D eigenvalue weighted by Gasteiger charge is 2.43. The Morgan fingerprint density at radius 1 is 1.29 bits per heavy atom. The topological polar surface area (TPSA) is 105 Å². The van der Waals surface area contributed by atoms with Gasteiger partial charge >= 0.3 is 0 Å². The number of nitrogens with one attached hydrogen (secondary N) is 1. The van der Waals surface area contributed by atoms with E-state index < -0.39 is 42.7 Å². The Morgan fingerprint density at radius 2 is 1.93 bits per heavy atom. The van der Waals surface area contributed by atoms with Crippen molar-refractivity contribution in [2.24, 2.45) is 0 Å². The summed E-state index contributed by atoms with van der Waals surface area (Å²) in [5, 5.41) is 8.42. The maximum absolute atomic E-state index is 14.0. The van der Waals surface area contributed by atoms with Crippen LogP contribution in [0.5, 0.6) is 0 Å². The van der Waals surface area contributed by atoms with Crippen molar-refractivity contribution in [3.63, 3.8) is 0 Å². The Balaban J connectivity index is 2.35. The van der Waals surface area contributed by atoms with Crippen molar-refractivity contribution in [1.29, 1.82) is 0 Å². The van der Waals surface area contributed by atoms with Gasteiger partial charge in [-0.3, -0.25) is 14.8 Å². The van der Waals surface area contributed by atoms with Gasteiger partial charge in [-0.2, -0.15) is 0 Å². The van der Waals surface area contributed by atoms with Crippen molar-refractivity contribution < 1.29 is 27.2 Å². The van der Waals surface area contributed by atoms with E-state index in [1.807, 2.05) is 0 Å². The molecular formula is C17H17ClF2N2O5S. The molecule has 0 saturated carbocycles. The minimum absolute atomic E-state index is 0.105. The van der Waals surface area contributed by atoms with Gasteiger partial charge in [-0.15, -0.1) is 0 Å². The van der Waals surface area contributed by atoms with Crippen LogP contribution in [0.2, 0.25) is 5.02 Å². The number of hydroxylamine groups is 1. The molecule has 1 heterocycles. The molecule has 1 atom stereocenters.